The van der Waals surface area contributed by atoms with Crippen molar-refractivity contribution >= 4 is 29.3 Å². The molecule has 202 valence electrons. The highest BCUT2D eigenvalue weighted by molar-refractivity contribution is 5.73. The van der Waals surface area contributed by atoms with Crippen LogP contribution in [-0.4, -0.2) is 71.7 Å². The monoisotopic (exact) mass is 537 g/mol. The van der Waals surface area contributed by atoms with Gasteiger partial charge < -0.3 is 29.0 Å². The van der Waals surface area contributed by atoms with E-state index >= 15 is 8.78 Å². The maximum absolute atomic E-state index is 15.7. The summed E-state index contributed by atoms with van der Waals surface area (Å²) < 4.78 is 43.9. The minimum absolute atomic E-state index is 0.0787. The molecule has 0 spiro atoms. The number of aromatic nitrogens is 2. The smallest absolute Gasteiger partial charge is 0.409 e. The Hall–Kier alpha value is -4.50. The molecule has 4 heterocycles. The lowest BCUT2D eigenvalue weighted by atomic mass is 10.0. The number of nitrogens with zero attached hydrogens (tertiary/aromatic N) is 4. The number of benzene rings is 1. The predicted octanol–water partition coefficient (Wildman–Crippen LogP) is 2.79. The molecule has 0 bridgehead atoms. The van der Waals surface area contributed by atoms with E-state index in [-0.39, 0.29) is 54.4 Å². The number of aryl methyl sites for hydroxylation is 1. The van der Waals surface area contributed by atoms with E-state index in [2.05, 4.69) is 10.3 Å². The zero-order valence-electron chi connectivity index (χ0n) is 21.3. The molecule has 12 heteroatoms. The summed E-state index contributed by atoms with van der Waals surface area (Å²) in [7, 11) is 1.30. The molecule has 39 heavy (non-hydrogen) atoms. The molecule has 10 nitrogen and oxygen atoms in total. The highest BCUT2D eigenvalue weighted by atomic mass is 19.1. The normalized spacial score (nSPS) is 17.6. The van der Waals surface area contributed by atoms with Crippen molar-refractivity contribution in [2.75, 3.05) is 38.3 Å². The Labute approximate surface area is 222 Å². The number of pyridine rings is 1. The van der Waals surface area contributed by atoms with Crippen LogP contribution in [0.3, 0.4) is 0 Å². The number of imidazole rings is 1. The zero-order chi connectivity index (χ0) is 27.7. The number of nitrogens with one attached hydrogen (secondary N) is 1. The van der Waals surface area contributed by atoms with Gasteiger partial charge in [-0.25, -0.2) is 28.1 Å². The van der Waals surface area contributed by atoms with Crippen LogP contribution in [0.2, 0.25) is 0 Å². The average molecular weight is 538 g/mol. The third-order valence-electron chi connectivity index (χ3n) is 6.79. The predicted molar refractivity (Wildman–Crippen MR) is 136 cm³/mol. The summed E-state index contributed by atoms with van der Waals surface area (Å²) in [6.45, 7) is 2.93. The number of morpholine rings is 1. The lowest BCUT2D eigenvalue weighted by molar-refractivity contribution is -0.0241. The second kappa shape index (κ2) is 10.7. The molecule has 2 aromatic heterocycles. The molecule has 2 saturated heterocycles. The first-order valence-electron chi connectivity index (χ1n) is 12.3. The molecule has 2 aliphatic rings. The number of carbonyl (C=O) groups excluding carboxylic acids is 3. The SMILES string of the molecule is COC(=O)N1CCO[C@@H](Cc2c(-c3c(F)cc(N4CCC(=C=O)NC4=C=O)cc3F)nc3cc(C)ccn23)C1. The first-order valence-corrected chi connectivity index (χ1v) is 12.3. The van der Waals surface area contributed by atoms with Gasteiger partial charge in [-0.05, 0) is 36.8 Å². The number of ether oxygens (including phenoxy) is 2. The molecule has 1 atom stereocenters. The fourth-order valence-electron chi connectivity index (χ4n) is 4.91. The van der Waals surface area contributed by atoms with Crippen LogP contribution in [0.4, 0.5) is 19.3 Å². The van der Waals surface area contributed by atoms with Crippen LogP contribution in [0, 0.1) is 18.6 Å². The number of amides is 1. The van der Waals surface area contributed by atoms with Gasteiger partial charge >= 0.3 is 6.09 Å². The van der Waals surface area contributed by atoms with Gasteiger partial charge in [-0.15, -0.1) is 0 Å². The molecule has 5 rings (SSSR count). The Morgan fingerprint density at radius 3 is 2.67 bits per heavy atom. The van der Waals surface area contributed by atoms with Crippen molar-refractivity contribution in [1.82, 2.24) is 19.6 Å². The van der Waals surface area contributed by atoms with E-state index in [0.717, 1.165) is 17.7 Å². The van der Waals surface area contributed by atoms with E-state index < -0.39 is 23.8 Å². The minimum atomic E-state index is -0.880. The molecule has 0 radical (unpaired) electrons. The molecule has 2 aliphatic heterocycles. The molecule has 0 aliphatic carbocycles. The highest BCUT2D eigenvalue weighted by Gasteiger charge is 2.30. The van der Waals surface area contributed by atoms with Gasteiger partial charge in [0.05, 0.1) is 43.3 Å². The Kier molecular flexibility index (Phi) is 7.17. The van der Waals surface area contributed by atoms with Crippen LogP contribution in [0.15, 0.2) is 42.0 Å². The van der Waals surface area contributed by atoms with Crippen LogP contribution >= 0.6 is 0 Å². The average Bonchev–Trinajstić information content (AvgIpc) is 3.28. The number of hydrogen-bond donors (Lipinski definition) is 1. The minimum Gasteiger partial charge on any atom is -0.453 e. The van der Waals surface area contributed by atoms with Gasteiger partial charge in [0, 0.05) is 37.8 Å². The van der Waals surface area contributed by atoms with Crippen molar-refractivity contribution < 1.29 is 32.6 Å². The highest BCUT2D eigenvalue weighted by Crippen LogP contribution is 2.35. The summed E-state index contributed by atoms with van der Waals surface area (Å²) in [6, 6.07) is 5.89. The number of rotatable bonds is 4. The second-order valence-corrected chi connectivity index (χ2v) is 9.29. The first-order chi connectivity index (χ1) is 18.8. The van der Waals surface area contributed by atoms with Gasteiger partial charge in [0.2, 0.25) is 0 Å². The van der Waals surface area contributed by atoms with Crippen molar-refractivity contribution in [3.8, 4) is 11.3 Å². The number of fused-ring (bicyclic) bond motifs is 1. The first kappa shape index (κ1) is 26.1. The molecule has 0 unspecified atom stereocenters. The number of hydrogen-bond acceptors (Lipinski definition) is 8. The maximum Gasteiger partial charge on any atom is 0.409 e. The Morgan fingerprint density at radius 2 is 1.97 bits per heavy atom. The fraction of sp³-hybridized carbons (Fsp3) is 0.333. The number of anilines is 1. The van der Waals surface area contributed by atoms with Crippen molar-refractivity contribution in [2.24, 2.45) is 0 Å². The van der Waals surface area contributed by atoms with Crippen molar-refractivity contribution in [1.29, 1.82) is 0 Å². The van der Waals surface area contributed by atoms with E-state index in [1.54, 1.807) is 28.5 Å². The molecular weight excluding hydrogens is 512 g/mol. The molecular formula is C27H25F2N5O5. The zero-order valence-corrected chi connectivity index (χ0v) is 21.3. The van der Waals surface area contributed by atoms with Gasteiger partial charge in [-0.3, -0.25) is 0 Å². The summed E-state index contributed by atoms with van der Waals surface area (Å²) in [5.41, 5.74) is 1.95. The maximum atomic E-state index is 15.7. The summed E-state index contributed by atoms with van der Waals surface area (Å²) in [6.07, 6.45) is 1.28. The Bertz CT molecular complexity index is 1530. The van der Waals surface area contributed by atoms with Gasteiger partial charge in [0.25, 0.3) is 0 Å². The van der Waals surface area contributed by atoms with Gasteiger partial charge in [-0.1, -0.05) is 0 Å². The lowest BCUT2D eigenvalue weighted by Crippen LogP contribution is -2.46. The molecule has 1 N–H and O–H groups in total. The van der Waals surface area contributed by atoms with Gasteiger partial charge in [-0.2, -0.15) is 0 Å². The van der Waals surface area contributed by atoms with Crippen LogP contribution in [0.25, 0.3) is 16.9 Å². The molecule has 1 aromatic carbocycles. The Balaban J connectivity index is 1.55. The van der Waals surface area contributed by atoms with Crippen LogP contribution in [-0.2, 0) is 25.5 Å². The van der Waals surface area contributed by atoms with Crippen molar-refractivity contribution in [2.45, 2.75) is 25.9 Å². The topological polar surface area (TPSA) is 105 Å². The second-order valence-electron chi connectivity index (χ2n) is 9.29. The number of halogens is 2. The summed E-state index contributed by atoms with van der Waals surface area (Å²) in [5.74, 6) is 1.46. The van der Waals surface area contributed by atoms with Crippen LogP contribution < -0.4 is 10.2 Å². The van der Waals surface area contributed by atoms with E-state index in [1.807, 2.05) is 13.0 Å². The molecule has 1 amide bonds. The van der Waals surface area contributed by atoms with E-state index in [9.17, 15) is 14.4 Å². The number of carbonyl (C=O) groups is 1. The lowest BCUT2D eigenvalue weighted by Gasteiger charge is -2.32. The van der Waals surface area contributed by atoms with Crippen LogP contribution in [0.5, 0.6) is 0 Å². The van der Waals surface area contributed by atoms with E-state index in [1.165, 1.54) is 16.9 Å². The van der Waals surface area contributed by atoms with Crippen molar-refractivity contribution in [3.05, 3.63) is 64.9 Å². The fourth-order valence-corrected chi connectivity index (χ4v) is 4.91. The van der Waals surface area contributed by atoms with Gasteiger partial charge in [0.1, 0.15) is 28.9 Å². The third kappa shape index (κ3) is 5.00. The largest absolute Gasteiger partial charge is 0.453 e. The Morgan fingerprint density at radius 1 is 1.21 bits per heavy atom. The molecule has 3 aromatic rings. The van der Waals surface area contributed by atoms with E-state index in [0.29, 0.717) is 24.5 Å². The van der Waals surface area contributed by atoms with E-state index in [4.69, 9.17) is 9.47 Å². The standard InChI is InChI=1S/C27H25F2N5O5/c1-16-3-5-34-22(12-19-13-32(7-8-39-19)27(37)38-2)26(31-23(34)9-16)25-20(28)10-18(11-21(25)29)33-6-4-17(14-35)30-24(33)15-36/h3,5,9-11,19,30H,4,6-8,12-13H2,1-2H3/t19-/m0/s1. The molecule has 2 fully saturated rings. The summed E-state index contributed by atoms with van der Waals surface area (Å²) in [4.78, 5) is 41.9. The van der Waals surface area contributed by atoms with Gasteiger partial charge in [0.15, 0.2) is 11.8 Å². The summed E-state index contributed by atoms with van der Waals surface area (Å²) >= 11 is 0. The molecule has 0 saturated carbocycles. The van der Waals surface area contributed by atoms with Crippen molar-refractivity contribution in [3.63, 3.8) is 0 Å². The number of methoxy groups -OCH3 is 1. The summed E-state index contributed by atoms with van der Waals surface area (Å²) in [5, 5.41) is 2.58. The van der Waals surface area contributed by atoms with Crippen LogP contribution in [0.1, 0.15) is 17.7 Å². The quantitative estimate of drug-likeness (QED) is 0.507. The third-order valence-corrected chi connectivity index (χ3v) is 6.79.